The Labute approximate surface area is 111 Å². The zero-order valence-electron chi connectivity index (χ0n) is 10.8. The number of rotatable bonds is 2. The molecule has 0 radical (unpaired) electrons. The average molecular weight is 266 g/mol. The number of likely N-dealkylation sites (tertiary alicyclic amines) is 1. The molecule has 1 aliphatic rings. The summed E-state index contributed by atoms with van der Waals surface area (Å²) < 4.78 is 0. The first-order valence-corrected chi connectivity index (χ1v) is 7.01. The van der Waals surface area contributed by atoms with Crippen molar-refractivity contribution < 1.29 is 9.59 Å². The SMILES string of the molecule is CN(C)C(=O)N1CCC(C(=O)c2cccs2)CC1. The number of carbonyl (C=O) groups is 2. The topological polar surface area (TPSA) is 40.6 Å². The van der Waals surface area contributed by atoms with Crippen molar-refractivity contribution in [3.63, 3.8) is 0 Å². The van der Waals surface area contributed by atoms with Crippen molar-refractivity contribution in [2.24, 2.45) is 5.92 Å². The molecular formula is C13H18N2O2S. The molecule has 5 heteroatoms. The quantitative estimate of drug-likeness (QED) is 0.771. The molecule has 1 aromatic rings. The van der Waals surface area contributed by atoms with Crippen LogP contribution in [0.25, 0.3) is 0 Å². The summed E-state index contributed by atoms with van der Waals surface area (Å²) in [5, 5.41) is 1.93. The summed E-state index contributed by atoms with van der Waals surface area (Å²) in [4.78, 5) is 28.2. The van der Waals surface area contributed by atoms with Gasteiger partial charge in [0.25, 0.3) is 0 Å². The number of amides is 2. The molecule has 0 N–H and O–H groups in total. The first-order chi connectivity index (χ1) is 8.59. The number of Topliss-reactive ketones (excluding diaryl/α,β-unsaturated/α-hetero) is 1. The molecule has 0 unspecified atom stereocenters. The number of carbonyl (C=O) groups excluding carboxylic acids is 2. The van der Waals surface area contributed by atoms with Gasteiger partial charge in [0, 0.05) is 33.1 Å². The molecule has 2 amide bonds. The lowest BCUT2D eigenvalue weighted by Crippen LogP contribution is -2.44. The predicted octanol–water partition coefficient (Wildman–Crippen LogP) is 2.32. The molecule has 1 aliphatic heterocycles. The molecular weight excluding hydrogens is 248 g/mol. The van der Waals surface area contributed by atoms with Crippen LogP contribution in [0.15, 0.2) is 17.5 Å². The van der Waals surface area contributed by atoms with Gasteiger partial charge >= 0.3 is 6.03 Å². The van der Waals surface area contributed by atoms with Crippen molar-refractivity contribution in [1.82, 2.24) is 9.80 Å². The van der Waals surface area contributed by atoms with E-state index in [0.717, 1.165) is 17.7 Å². The second-order valence-corrected chi connectivity index (χ2v) is 5.73. The van der Waals surface area contributed by atoms with E-state index >= 15 is 0 Å². The number of ketones is 1. The van der Waals surface area contributed by atoms with Gasteiger partial charge in [0.15, 0.2) is 5.78 Å². The van der Waals surface area contributed by atoms with E-state index in [4.69, 9.17) is 0 Å². The summed E-state index contributed by atoms with van der Waals surface area (Å²) >= 11 is 1.50. The lowest BCUT2D eigenvalue weighted by molar-refractivity contribution is 0.0847. The van der Waals surface area contributed by atoms with Crippen LogP contribution >= 0.6 is 11.3 Å². The Hall–Kier alpha value is -1.36. The van der Waals surface area contributed by atoms with Crippen molar-refractivity contribution in [3.8, 4) is 0 Å². The van der Waals surface area contributed by atoms with Crippen LogP contribution in [0.2, 0.25) is 0 Å². The van der Waals surface area contributed by atoms with Gasteiger partial charge in [-0.25, -0.2) is 4.79 Å². The first-order valence-electron chi connectivity index (χ1n) is 6.13. The van der Waals surface area contributed by atoms with E-state index in [1.54, 1.807) is 19.0 Å². The maximum atomic E-state index is 12.2. The molecule has 2 heterocycles. The van der Waals surface area contributed by atoms with Gasteiger partial charge in [-0.2, -0.15) is 0 Å². The van der Waals surface area contributed by atoms with E-state index < -0.39 is 0 Å². The summed E-state index contributed by atoms with van der Waals surface area (Å²) in [5.41, 5.74) is 0. The molecule has 1 fully saturated rings. The Bertz CT molecular complexity index is 420. The molecule has 1 saturated heterocycles. The second kappa shape index (κ2) is 5.52. The average Bonchev–Trinajstić information content (AvgIpc) is 2.91. The van der Waals surface area contributed by atoms with Crippen LogP contribution in [0.4, 0.5) is 4.79 Å². The Balaban J connectivity index is 1.91. The third-order valence-electron chi connectivity index (χ3n) is 3.28. The Kier molecular flexibility index (Phi) is 4.01. The molecule has 1 aromatic heterocycles. The lowest BCUT2D eigenvalue weighted by atomic mass is 9.92. The summed E-state index contributed by atoms with van der Waals surface area (Å²) in [6.45, 7) is 1.36. The standard InChI is InChI=1S/C13H18N2O2S/c1-14(2)13(17)15-7-5-10(6-8-15)12(16)11-4-3-9-18-11/h3-4,9-10H,5-8H2,1-2H3. The van der Waals surface area contributed by atoms with Gasteiger partial charge in [-0.05, 0) is 24.3 Å². The Morgan fingerprint density at radius 2 is 2.00 bits per heavy atom. The highest BCUT2D eigenvalue weighted by Crippen LogP contribution is 2.24. The smallest absolute Gasteiger partial charge is 0.319 e. The molecule has 0 saturated carbocycles. The van der Waals surface area contributed by atoms with Gasteiger partial charge in [-0.3, -0.25) is 4.79 Å². The number of hydrogen-bond donors (Lipinski definition) is 0. The number of nitrogens with zero attached hydrogens (tertiary/aromatic N) is 2. The van der Waals surface area contributed by atoms with Crippen molar-refractivity contribution in [2.75, 3.05) is 27.2 Å². The van der Waals surface area contributed by atoms with E-state index in [-0.39, 0.29) is 17.7 Å². The molecule has 0 bridgehead atoms. The van der Waals surface area contributed by atoms with Crippen molar-refractivity contribution >= 4 is 23.2 Å². The van der Waals surface area contributed by atoms with E-state index in [2.05, 4.69) is 0 Å². The van der Waals surface area contributed by atoms with Crippen LogP contribution < -0.4 is 0 Å². The minimum atomic E-state index is 0.0389. The largest absolute Gasteiger partial charge is 0.331 e. The molecule has 2 rings (SSSR count). The molecule has 4 nitrogen and oxygen atoms in total. The van der Waals surface area contributed by atoms with Crippen molar-refractivity contribution in [2.45, 2.75) is 12.8 Å². The first kappa shape index (κ1) is 13.1. The maximum Gasteiger partial charge on any atom is 0.319 e. The number of hydrogen-bond acceptors (Lipinski definition) is 3. The fraction of sp³-hybridized carbons (Fsp3) is 0.538. The van der Waals surface area contributed by atoms with Crippen molar-refractivity contribution in [1.29, 1.82) is 0 Å². The molecule has 0 spiro atoms. The Morgan fingerprint density at radius 1 is 1.33 bits per heavy atom. The van der Waals surface area contributed by atoms with Gasteiger partial charge in [-0.1, -0.05) is 6.07 Å². The van der Waals surface area contributed by atoms with Gasteiger partial charge in [0.1, 0.15) is 0 Å². The van der Waals surface area contributed by atoms with Gasteiger partial charge in [0.05, 0.1) is 4.88 Å². The van der Waals surface area contributed by atoms with Crippen LogP contribution in [0.5, 0.6) is 0 Å². The summed E-state index contributed by atoms with van der Waals surface area (Å²) in [5.74, 6) is 0.316. The van der Waals surface area contributed by atoms with Crippen LogP contribution in [0.3, 0.4) is 0 Å². The third-order valence-corrected chi connectivity index (χ3v) is 4.17. The molecule has 0 aromatic carbocycles. The fourth-order valence-corrected chi connectivity index (χ4v) is 2.98. The lowest BCUT2D eigenvalue weighted by Gasteiger charge is -2.32. The predicted molar refractivity (Wildman–Crippen MR) is 72.0 cm³/mol. The third kappa shape index (κ3) is 2.72. The monoisotopic (exact) mass is 266 g/mol. The molecule has 98 valence electrons. The Morgan fingerprint density at radius 3 is 2.50 bits per heavy atom. The van der Waals surface area contributed by atoms with Crippen LogP contribution in [-0.4, -0.2) is 48.8 Å². The van der Waals surface area contributed by atoms with E-state index in [9.17, 15) is 9.59 Å². The van der Waals surface area contributed by atoms with E-state index in [0.29, 0.717) is 13.1 Å². The number of piperidine rings is 1. The highest BCUT2D eigenvalue weighted by molar-refractivity contribution is 7.12. The summed E-state index contributed by atoms with van der Waals surface area (Å²) in [6.07, 6.45) is 1.55. The van der Waals surface area contributed by atoms with Gasteiger partial charge in [-0.15, -0.1) is 11.3 Å². The zero-order chi connectivity index (χ0) is 13.1. The fourth-order valence-electron chi connectivity index (χ4n) is 2.24. The van der Waals surface area contributed by atoms with E-state index in [1.165, 1.54) is 11.3 Å². The summed E-state index contributed by atoms with van der Waals surface area (Å²) in [6, 6.07) is 3.82. The number of urea groups is 1. The van der Waals surface area contributed by atoms with Crippen LogP contribution in [0.1, 0.15) is 22.5 Å². The van der Waals surface area contributed by atoms with Gasteiger partial charge in [0.2, 0.25) is 0 Å². The normalized spacial score (nSPS) is 16.7. The summed E-state index contributed by atoms with van der Waals surface area (Å²) in [7, 11) is 3.51. The molecule has 18 heavy (non-hydrogen) atoms. The minimum Gasteiger partial charge on any atom is -0.331 e. The second-order valence-electron chi connectivity index (χ2n) is 4.78. The van der Waals surface area contributed by atoms with Gasteiger partial charge < -0.3 is 9.80 Å². The molecule has 0 atom stereocenters. The van der Waals surface area contributed by atoms with E-state index in [1.807, 2.05) is 22.4 Å². The zero-order valence-corrected chi connectivity index (χ0v) is 11.6. The van der Waals surface area contributed by atoms with Crippen LogP contribution in [-0.2, 0) is 0 Å². The van der Waals surface area contributed by atoms with Crippen molar-refractivity contribution in [3.05, 3.63) is 22.4 Å². The number of thiophene rings is 1. The highest BCUT2D eigenvalue weighted by Gasteiger charge is 2.28. The van der Waals surface area contributed by atoms with Crippen LogP contribution in [0, 0.1) is 5.92 Å². The maximum absolute atomic E-state index is 12.2. The minimum absolute atomic E-state index is 0.0389. The molecule has 0 aliphatic carbocycles. The highest BCUT2D eigenvalue weighted by atomic mass is 32.1.